The average Bonchev–Trinajstić information content (AvgIpc) is 3.39. The molecule has 4 heteroatoms. The molecule has 0 amide bonds. The van der Waals surface area contributed by atoms with E-state index in [1.807, 2.05) is 42.5 Å². The number of carbonyl (C=O) groups is 1. The van der Waals surface area contributed by atoms with Crippen LogP contribution in [-0.4, -0.2) is 16.1 Å². The number of hydrogen-bond acceptors (Lipinski definition) is 2. The normalized spacial score (nSPS) is 14.1. The number of pyridine rings is 1. The highest BCUT2D eigenvalue weighted by Gasteiger charge is 2.33. The number of nitrogens with zero attached hydrogens (tertiary/aromatic N) is 1. The van der Waals surface area contributed by atoms with Crippen LogP contribution in [0.3, 0.4) is 0 Å². The van der Waals surface area contributed by atoms with Crippen LogP contribution in [0.15, 0.2) is 48.5 Å². The molecule has 1 heterocycles. The molecule has 0 unspecified atom stereocenters. The molecule has 0 saturated heterocycles. The van der Waals surface area contributed by atoms with Gasteiger partial charge < -0.3 is 5.11 Å². The Labute approximate surface area is 138 Å². The van der Waals surface area contributed by atoms with Crippen LogP contribution >= 0.6 is 11.6 Å². The first-order valence-electron chi connectivity index (χ1n) is 7.57. The number of aromatic carboxylic acids is 1. The lowest BCUT2D eigenvalue weighted by Gasteiger charge is -2.15. The molecule has 1 aliphatic carbocycles. The third kappa shape index (κ3) is 2.37. The highest BCUT2D eigenvalue weighted by atomic mass is 35.5. The van der Waals surface area contributed by atoms with Crippen molar-refractivity contribution in [2.45, 2.75) is 18.8 Å². The monoisotopic (exact) mass is 323 g/mol. The van der Waals surface area contributed by atoms with Gasteiger partial charge in [0.1, 0.15) is 0 Å². The molecule has 3 aromatic rings. The average molecular weight is 324 g/mol. The second-order valence-electron chi connectivity index (χ2n) is 5.83. The van der Waals surface area contributed by atoms with Gasteiger partial charge in [-0.05, 0) is 24.5 Å². The number of rotatable bonds is 3. The van der Waals surface area contributed by atoms with Crippen LogP contribution < -0.4 is 0 Å². The summed E-state index contributed by atoms with van der Waals surface area (Å²) in [5.74, 6) is -0.704. The summed E-state index contributed by atoms with van der Waals surface area (Å²) in [5, 5.41) is 11.2. The minimum absolute atomic E-state index is 0.226. The molecule has 1 fully saturated rings. The summed E-state index contributed by atoms with van der Waals surface area (Å²) < 4.78 is 0. The quantitative estimate of drug-likeness (QED) is 0.726. The number of benzene rings is 2. The van der Waals surface area contributed by atoms with Crippen molar-refractivity contribution in [1.82, 2.24) is 4.98 Å². The van der Waals surface area contributed by atoms with Crippen LogP contribution in [0.1, 0.15) is 34.8 Å². The fourth-order valence-corrected chi connectivity index (χ4v) is 3.26. The van der Waals surface area contributed by atoms with E-state index in [0.717, 1.165) is 23.8 Å². The third-order valence-corrected chi connectivity index (χ3v) is 4.54. The van der Waals surface area contributed by atoms with Crippen molar-refractivity contribution in [3.63, 3.8) is 0 Å². The molecule has 0 radical (unpaired) electrons. The number of hydrogen-bond donors (Lipinski definition) is 1. The third-order valence-electron chi connectivity index (χ3n) is 4.23. The predicted molar refractivity (Wildman–Crippen MR) is 91.1 cm³/mol. The van der Waals surface area contributed by atoms with Crippen LogP contribution in [0.25, 0.3) is 22.0 Å². The van der Waals surface area contributed by atoms with Crippen molar-refractivity contribution in [2.75, 3.05) is 0 Å². The molecule has 1 aliphatic rings. The Morgan fingerprint density at radius 1 is 1.09 bits per heavy atom. The van der Waals surface area contributed by atoms with Crippen LogP contribution in [0, 0.1) is 0 Å². The second-order valence-corrected chi connectivity index (χ2v) is 6.24. The maximum absolute atomic E-state index is 12.0. The molecule has 4 rings (SSSR count). The minimum atomic E-state index is -0.930. The fraction of sp³-hybridized carbons (Fsp3) is 0.158. The lowest BCUT2D eigenvalue weighted by molar-refractivity contribution is 0.0696. The zero-order valence-electron chi connectivity index (χ0n) is 12.3. The van der Waals surface area contributed by atoms with Crippen molar-refractivity contribution in [1.29, 1.82) is 0 Å². The Kier molecular flexibility index (Phi) is 3.31. The van der Waals surface area contributed by atoms with Gasteiger partial charge in [0, 0.05) is 16.9 Å². The van der Waals surface area contributed by atoms with Crippen LogP contribution in [0.5, 0.6) is 0 Å². The number of halogens is 1. The fourth-order valence-electron chi connectivity index (χ4n) is 3.04. The van der Waals surface area contributed by atoms with E-state index in [2.05, 4.69) is 4.98 Å². The second kappa shape index (κ2) is 5.36. The van der Waals surface area contributed by atoms with E-state index in [-0.39, 0.29) is 5.92 Å². The predicted octanol–water partition coefficient (Wildman–Crippen LogP) is 5.13. The summed E-state index contributed by atoms with van der Waals surface area (Å²) in [7, 11) is 0. The van der Waals surface area contributed by atoms with Gasteiger partial charge in [-0.25, -0.2) is 4.79 Å². The highest BCUT2D eigenvalue weighted by Crippen LogP contribution is 2.45. The zero-order chi connectivity index (χ0) is 16.0. The molecule has 23 heavy (non-hydrogen) atoms. The summed E-state index contributed by atoms with van der Waals surface area (Å²) in [6, 6.07) is 15.1. The van der Waals surface area contributed by atoms with E-state index in [4.69, 9.17) is 11.6 Å². The molecular weight excluding hydrogens is 310 g/mol. The van der Waals surface area contributed by atoms with E-state index < -0.39 is 5.97 Å². The van der Waals surface area contributed by atoms with Gasteiger partial charge in [0.25, 0.3) is 0 Å². The Hall–Kier alpha value is -2.39. The molecule has 1 saturated carbocycles. The van der Waals surface area contributed by atoms with Gasteiger partial charge in [-0.3, -0.25) is 4.98 Å². The molecule has 1 aromatic heterocycles. The van der Waals surface area contributed by atoms with Gasteiger partial charge in [-0.15, -0.1) is 0 Å². The van der Waals surface area contributed by atoms with Crippen molar-refractivity contribution >= 4 is 28.5 Å². The SMILES string of the molecule is O=C(O)c1c(C2CC2)nc2c(Cl)cccc2c1-c1ccccc1. The number of carboxylic acid groups (broad SMARTS) is 1. The Balaban J connectivity index is 2.17. The number of aromatic nitrogens is 1. The molecular formula is C19H14ClNO2. The van der Waals surface area contributed by atoms with Crippen LogP contribution in [0.2, 0.25) is 5.02 Å². The summed E-state index contributed by atoms with van der Waals surface area (Å²) in [5.41, 5.74) is 3.25. The Morgan fingerprint density at radius 3 is 2.48 bits per heavy atom. The van der Waals surface area contributed by atoms with Gasteiger partial charge in [0.05, 0.1) is 21.8 Å². The molecule has 0 bridgehead atoms. The van der Waals surface area contributed by atoms with Gasteiger partial charge in [0.15, 0.2) is 0 Å². The summed E-state index contributed by atoms with van der Waals surface area (Å²) in [6.45, 7) is 0. The van der Waals surface area contributed by atoms with E-state index in [1.165, 1.54) is 0 Å². The maximum Gasteiger partial charge on any atom is 0.338 e. The lowest BCUT2D eigenvalue weighted by Crippen LogP contribution is -2.08. The first-order chi connectivity index (χ1) is 11.2. The first kappa shape index (κ1) is 14.2. The summed E-state index contributed by atoms with van der Waals surface area (Å²) in [4.78, 5) is 16.6. The molecule has 1 N–H and O–H groups in total. The topological polar surface area (TPSA) is 50.2 Å². The van der Waals surface area contributed by atoms with E-state index in [1.54, 1.807) is 6.07 Å². The first-order valence-corrected chi connectivity index (χ1v) is 7.95. The largest absolute Gasteiger partial charge is 0.478 e. The zero-order valence-corrected chi connectivity index (χ0v) is 13.0. The van der Waals surface area contributed by atoms with E-state index in [0.29, 0.717) is 27.4 Å². The summed E-state index contributed by atoms with van der Waals surface area (Å²) in [6.07, 6.45) is 1.97. The molecule has 0 aliphatic heterocycles. The number of para-hydroxylation sites is 1. The highest BCUT2D eigenvalue weighted by molar-refractivity contribution is 6.35. The van der Waals surface area contributed by atoms with Gasteiger partial charge in [0.2, 0.25) is 0 Å². The van der Waals surface area contributed by atoms with Crippen molar-refractivity contribution in [3.05, 3.63) is 64.8 Å². The number of carboxylic acids is 1. The lowest BCUT2D eigenvalue weighted by atomic mass is 9.93. The van der Waals surface area contributed by atoms with Crippen molar-refractivity contribution in [3.8, 4) is 11.1 Å². The molecule has 0 atom stereocenters. The smallest absolute Gasteiger partial charge is 0.338 e. The Bertz CT molecular complexity index is 918. The van der Waals surface area contributed by atoms with E-state index in [9.17, 15) is 9.90 Å². The molecule has 2 aromatic carbocycles. The maximum atomic E-state index is 12.0. The van der Waals surface area contributed by atoms with E-state index >= 15 is 0 Å². The molecule has 3 nitrogen and oxygen atoms in total. The van der Waals surface area contributed by atoms with Crippen molar-refractivity contribution in [2.24, 2.45) is 0 Å². The summed E-state index contributed by atoms with van der Waals surface area (Å²) >= 11 is 6.34. The van der Waals surface area contributed by atoms with Gasteiger partial charge >= 0.3 is 5.97 Å². The van der Waals surface area contributed by atoms with Crippen molar-refractivity contribution < 1.29 is 9.90 Å². The standard InChI is InChI=1S/C19H14ClNO2/c20-14-8-4-7-13-15(11-5-2-1-3-6-11)16(19(22)23)17(12-9-10-12)21-18(13)14/h1-8,12H,9-10H2,(H,22,23). The Morgan fingerprint density at radius 2 is 1.83 bits per heavy atom. The van der Waals surface area contributed by atoms with Gasteiger partial charge in [-0.2, -0.15) is 0 Å². The molecule has 0 spiro atoms. The van der Waals surface area contributed by atoms with Gasteiger partial charge in [-0.1, -0.05) is 54.1 Å². The van der Waals surface area contributed by atoms with Crippen LogP contribution in [-0.2, 0) is 0 Å². The van der Waals surface area contributed by atoms with Crippen LogP contribution in [0.4, 0.5) is 0 Å². The number of fused-ring (bicyclic) bond motifs is 1. The molecule has 114 valence electrons. The minimum Gasteiger partial charge on any atom is -0.478 e.